The van der Waals surface area contributed by atoms with Crippen LogP contribution in [0, 0.1) is 11.2 Å². The van der Waals surface area contributed by atoms with Crippen LogP contribution in [0.4, 0.5) is 18.0 Å². The van der Waals surface area contributed by atoms with Crippen LogP contribution in [0.25, 0.3) is 0 Å². The van der Waals surface area contributed by atoms with Crippen molar-refractivity contribution in [3.8, 4) is 5.75 Å². The summed E-state index contributed by atoms with van der Waals surface area (Å²) in [5.74, 6) is -1.46. The predicted molar refractivity (Wildman–Crippen MR) is 107 cm³/mol. The number of benzene rings is 2. The molecule has 0 spiro atoms. The summed E-state index contributed by atoms with van der Waals surface area (Å²) in [6.07, 6.45) is -4.15. The van der Waals surface area contributed by atoms with Gasteiger partial charge in [-0.1, -0.05) is 58.0 Å². The summed E-state index contributed by atoms with van der Waals surface area (Å²) < 4.78 is 48.3. The van der Waals surface area contributed by atoms with Crippen LogP contribution in [0.3, 0.4) is 0 Å². The van der Waals surface area contributed by atoms with Gasteiger partial charge in [-0.2, -0.15) is 0 Å². The molecule has 0 bridgehead atoms. The molecule has 0 aliphatic carbocycles. The van der Waals surface area contributed by atoms with Gasteiger partial charge in [0.25, 0.3) is 6.43 Å². The van der Waals surface area contributed by atoms with Gasteiger partial charge in [0.15, 0.2) is 0 Å². The van der Waals surface area contributed by atoms with Gasteiger partial charge in [-0.25, -0.2) is 18.0 Å². The van der Waals surface area contributed by atoms with Crippen molar-refractivity contribution >= 4 is 6.09 Å². The van der Waals surface area contributed by atoms with Gasteiger partial charge in [0.05, 0.1) is 11.6 Å². The van der Waals surface area contributed by atoms with E-state index < -0.39 is 41.3 Å². The van der Waals surface area contributed by atoms with E-state index in [1.807, 2.05) is 51.1 Å². The highest BCUT2D eigenvalue weighted by Crippen LogP contribution is 2.51. The lowest BCUT2D eigenvalue weighted by Crippen LogP contribution is -2.46. The Labute approximate surface area is 174 Å². The monoisotopic (exact) mass is 421 g/mol. The van der Waals surface area contributed by atoms with Crippen molar-refractivity contribution in [1.29, 1.82) is 0 Å². The molecule has 1 aliphatic heterocycles. The average molecular weight is 421 g/mol. The maximum absolute atomic E-state index is 15.2. The van der Waals surface area contributed by atoms with Gasteiger partial charge in [-0.05, 0) is 17.0 Å². The molecule has 2 aromatic rings. The number of hydrogen-bond donors (Lipinski definition) is 1. The summed E-state index contributed by atoms with van der Waals surface area (Å²) in [5, 5.41) is 9.80. The molecule has 1 heterocycles. The molecule has 0 aromatic heterocycles. The number of amides is 1. The molecule has 1 amide bonds. The molecule has 162 valence electrons. The van der Waals surface area contributed by atoms with Gasteiger partial charge >= 0.3 is 6.09 Å². The number of nitrogens with zero attached hydrogens (tertiary/aromatic N) is 1. The number of ether oxygens (including phenoxy) is 1. The van der Waals surface area contributed by atoms with E-state index in [0.29, 0.717) is 5.56 Å². The van der Waals surface area contributed by atoms with E-state index in [9.17, 15) is 18.7 Å². The van der Waals surface area contributed by atoms with Gasteiger partial charge in [-0.15, -0.1) is 0 Å². The van der Waals surface area contributed by atoms with Crippen molar-refractivity contribution in [2.24, 2.45) is 5.41 Å². The van der Waals surface area contributed by atoms with Crippen LogP contribution in [0.2, 0.25) is 0 Å². The molecule has 2 aromatic carbocycles. The second-order valence-corrected chi connectivity index (χ2v) is 8.78. The van der Waals surface area contributed by atoms with E-state index in [1.54, 1.807) is 6.92 Å². The first kappa shape index (κ1) is 22.0. The highest BCUT2D eigenvalue weighted by Gasteiger charge is 2.45. The topological polar surface area (TPSA) is 49.8 Å². The molecule has 0 saturated heterocycles. The lowest BCUT2D eigenvalue weighted by atomic mass is 9.74. The molecule has 0 saturated carbocycles. The molecule has 1 N–H and O–H groups in total. The molecule has 3 rings (SSSR count). The van der Waals surface area contributed by atoms with Crippen LogP contribution in [-0.2, 0) is 6.61 Å². The smallest absolute Gasteiger partial charge is 0.407 e. The Morgan fingerprint density at radius 2 is 1.87 bits per heavy atom. The third-order valence-corrected chi connectivity index (χ3v) is 5.42. The first-order valence-electron chi connectivity index (χ1n) is 9.83. The van der Waals surface area contributed by atoms with Crippen molar-refractivity contribution < 1.29 is 27.8 Å². The summed E-state index contributed by atoms with van der Waals surface area (Å²) in [4.78, 5) is 13.2. The minimum absolute atomic E-state index is 0.0198. The fourth-order valence-electron chi connectivity index (χ4n) is 4.20. The summed E-state index contributed by atoms with van der Waals surface area (Å²) in [5.41, 5.74) is -0.0630. The SMILES string of the molecule is CC1CN(C(=O)O)C(C(C)(C)C)c2c(OCc3ccccc3)cc(C(F)F)c(F)c21. The minimum Gasteiger partial charge on any atom is -0.489 e. The highest BCUT2D eigenvalue weighted by atomic mass is 19.3. The molecule has 2 unspecified atom stereocenters. The van der Waals surface area contributed by atoms with Crippen LogP contribution in [0.5, 0.6) is 5.75 Å². The first-order valence-corrected chi connectivity index (χ1v) is 9.83. The molecule has 0 radical (unpaired) electrons. The van der Waals surface area contributed by atoms with E-state index in [-0.39, 0.29) is 24.5 Å². The lowest BCUT2D eigenvalue weighted by molar-refractivity contribution is 0.0667. The maximum Gasteiger partial charge on any atom is 0.407 e. The Morgan fingerprint density at radius 1 is 1.23 bits per heavy atom. The third-order valence-electron chi connectivity index (χ3n) is 5.42. The van der Waals surface area contributed by atoms with Crippen LogP contribution in [-0.4, -0.2) is 22.6 Å². The summed E-state index contributed by atoms with van der Waals surface area (Å²) in [6, 6.07) is 9.45. The Hall–Kier alpha value is -2.70. The molecule has 7 heteroatoms. The highest BCUT2D eigenvalue weighted by molar-refractivity contribution is 5.68. The second kappa shape index (κ2) is 8.20. The summed E-state index contributed by atoms with van der Waals surface area (Å²) in [6.45, 7) is 7.28. The Morgan fingerprint density at radius 3 is 2.40 bits per heavy atom. The number of rotatable bonds is 4. The van der Waals surface area contributed by atoms with Gasteiger partial charge < -0.3 is 14.7 Å². The maximum atomic E-state index is 15.2. The lowest BCUT2D eigenvalue weighted by Gasteiger charge is -2.45. The van der Waals surface area contributed by atoms with Crippen molar-refractivity contribution in [2.75, 3.05) is 6.54 Å². The van der Waals surface area contributed by atoms with Gasteiger partial charge in [-0.3, -0.25) is 0 Å². The number of fused-ring (bicyclic) bond motifs is 1. The zero-order valence-corrected chi connectivity index (χ0v) is 17.5. The molecule has 2 atom stereocenters. The van der Waals surface area contributed by atoms with E-state index in [1.165, 1.54) is 4.90 Å². The third kappa shape index (κ3) is 4.11. The summed E-state index contributed by atoms with van der Waals surface area (Å²) in [7, 11) is 0. The Bertz CT molecular complexity index is 926. The zero-order valence-electron chi connectivity index (χ0n) is 17.5. The molecular weight excluding hydrogens is 395 g/mol. The van der Waals surface area contributed by atoms with Crippen molar-refractivity contribution in [1.82, 2.24) is 4.90 Å². The molecule has 30 heavy (non-hydrogen) atoms. The number of halogens is 3. The largest absolute Gasteiger partial charge is 0.489 e. The second-order valence-electron chi connectivity index (χ2n) is 8.78. The first-order chi connectivity index (χ1) is 14.0. The van der Waals surface area contributed by atoms with Crippen molar-refractivity contribution in [3.05, 3.63) is 64.5 Å². The van der Waals surface area contributed by atoms with Crippen LogP contribution >= 0.6 is 0 Å². The standard InChI is InChI=1S/C23H26F3NO3/c1-13-11-27(22(28)29)20(23(2,3)4)18-16(30-12-14-8-6-5-7-9-14)10-15(21(25)26)19(24)17(13)18/h5-10,13,20-21H,11-12H2,1-4H3,(H,28,29). The predicted octanol–water partition coefficient (Wildman–Crippen LogP) is 6.53. The average Bonchev–Trinajstić information content (AvgIpc) is 2.66. The van der Waals surface area contributed by atoms with Crippen LogP contribution < -0.4 is 4.74 Å². The van der Waals surface area contributed by atoms with E-state index in [2.05, 4.69) is 0 Å². The van der Waals surface area contributed by atoms with E-state index in [0.717, 1.165) is 11.6 Å². The summed E-state index contributed by atoms with van der Waals surface area (Å²) >= 11 is 0. The quantitative estimate of drug-likeness (QED) is 0.611. The van der Waals surface area contributed by atoms with Crippen LogP contribution in [0.1, 0.15) is 68.3 Å². The van der Waals surface area contributed by atoms with E-state index in [4.69, 9.17) is 4.74 Å². The fraction of sp³-hybridized carbons (Fsp3) is 0.435. The van der Waals surface area contributed by atoms with Crippen molar-refractivity contribution in [3.63, 3.8) is 0 Å². The zero-order chi connectivity index (χ0) is 22.2. The van der Waals surface area contributed by atoms with Crippen molar-refractivity contribution in [2.45, 2.75) is 52.7 Å². The number of carbonyl (C=O) groups is 1. The van der Waals surface area contributed by atoms with Gasteiger partial charge in [0, 0.05) is 23.6 Å². The number of hydrogen-bond acceptors (Lipinski definition) is 2. The Kier molecular flexibility index (Phi) is 6.01. The fourth-order valence-corrected chi connectivity index (χ4v) is 4.20. The Balaban J connectivity index is 2.21. The minimum atomic E-state index is -3.01. The van der Waals surface area contributed by atoms with E-state index >= 15 is 4.39 Å². The normalized spacial score (nSPS) is 19.0. The molecule has 0 fully saturated rings. The molecular formula is C23H26F3NO3. The number of carboxylic acid groups (broad SMARTS) is 1. The molecule has 4 nitrogen and oxygen atoms in total. The number of alkyl halides is 2. The van der Waals surface area contributed by atoms with Crippen LogP contribution in [0.15, 0.2) is 36.4 Å². The van der Waals surface area contributed by atoms with Gasteiger partial charge in [0.1, 0.15) is 18.2 Å². The molecule has 1 aliphatic rings. The van der Waals surface area contributed by atoms with Gasteiger partial charge in [0.2, 0.25) is 0 Å².